The minimum absolute atomic E-state index is 0.371. The predicted molar refractivity (Wildman–Crippen MR) is 56.5 cm³/mol. The van der Waals surface area contributed by atoms with Crippen LogP contribution in [0.15, 0.2) is 12.1 Å². The van der Waals surface area contributed by atoms with Crippen LogP contribution in [0.2, 0.25) is 5.02 Å². The molecule has 0 saturated heterocycles. The van der Waals surface area contributed by atoms with Gasteiger partial charge in [-0.05, 0) is 43.0 Å². The average molecular weight is 199 g/mol. The van der Waals surface area contributed by atoms with Crippen LogP contribution in [0.3, 0.4) is 0 Å². The van der Waals surface area contributed by atoms with Crippen molar-refractivity contribution in [3.63, 3.8) is 0 Å². The van der Waals surface area contributed by atoms with Gasteiger partial charge in [-0.15, -0.1) is 0 Å². The Bertz CT molecular complexity index is 294. The Kier molecular flexibility index (Phi) is 3.61. The molecule has 72 valence electrons. The molecule has 1 aromatic carbocycles. The van der Waals surface area contributed by atoms with Crippen molar-refractivity contribution in [1.29, 1.82) is 0 Å². The van der Waals surface area contributed by atoms with Crippen LogP contribution in [-0.2, 0) is 6.42 Å². The minimum Gasteiger partial charge on any atom is -0.508 e. The zero-order valence-corrected chi connectivity index (χ0v) is 8.86. The summed E-state index contributed by atoms with van der Waals surface area (Å²) in [5.41, 5.74) is 2.00. The normalized spacial score (nSPS) is 10.4. The summed E-state index contributed by atoms with van der Waals surface area (Å²) < 4.78 is 0. The molecular weight excluding hydrogens is 184 g/mol. The number of phenolic OH excluding ortho intramolecular Hbond substituents is 1. The Hall–Kier alpha value is -0.690. The summed E-state index contributed by atoms with van der Waals surface area (Å²) in [6.45, 7) is 4.09. The number of aromatic hydroxyl groups is 1. The molecule has 0 aliphatic rings. The molecule has 0 aliphatic carbocycles. The fourth-order valence-corrected chi connectivity index (χ4v) is 1.56. The number of benzene rings is 1. The van der Waals surface area contributed by atoms with E-state index >= 15 is 0 Å². The Morgan fingerprint density at radius 2 is 2.08 bits per heavy atom. The number of rotatable bonds is 3. The number of hydrogen-bond acceptors (Lipinski definition) is 1. The summed E-state index contributed by atoms with van der Waals surface area (Å²) in [5.74, 6) is 0.371. The third-order valence-electron chi connectivity index (χ3n) is 2.29. The van der Waals surface area contributed by atoms with Crippen LogP contribution in [0.4, 0.5) is 0 Å². The van der Waals surface area contributed by atoms with Gasteiger partial charge < -0.3 is 5.11 Å². The molecule has 1 nitrogen and oxygen atoms in total. The average Bonchev–Trinajstić information content (AvgIpc) is 2.12. The fraction of sp³-hybridized carbons (Fsp3) is 0.455. The second-order valence-corrected chi connectivity index (χ2v) is 3.68. The lowest BCUT2D eigenvalue weighted by atomic mass is 10.0. The Labute approximate surface area is 84.4 Å². The van der Waals surface area contributed by atoms with E-state index in [4.69, 9.17) is 11.6 Å². The first-order valence-corrected chi connectivity index (χ1v) is 5.01. The lowest BCUT2D eigenvalue weighted by Gasteiger charge is -2.08. The Morgan fingerprint density at radius 3 is 2.69 bits per heavy atom. The molecular formula is C11H15ClO. The first-order chi connectivity index (χ1) is 6.16. The SMILES string of the molecule is CCCCc1c(O)ccc(Cl)c1C. The maximum absolute atomic E-state index is 9.58. The molecule has 0 heterocycles. The zero-order valence-electron chi connectivity index (χ0n) is 8.10. The lowest BCUT2D eigenvalue weighted by molar-refractivity contribution is 0.466. The first kappa shape index (κ1) is 10.4. The topological polar surface area (TPSA) is 20.2 Å². The van der Waals surface area contributed by atoms with Gasteiger partial charge in [0.15, 0.2) is 0 Å². The summed E-state index contributed by atoms with van der Waals surface area (Å²) in [6.07, 6.45) is 3.13. The van der Waals surface area contributed by atoms with Crippen molar-refractivity contribution in [2.45, 2.75) is 33.1 Å². The van der Waals surface area contributed by atoms with Crippen molar-refractivity contribution < 1.29 is 5.11 Å². The maximum atomic E-state index is 9.58. The molecule has 0 unspecified atom stereocenters. The number of phenols is 1. The number of unbranched alkanes of at least 4 members (excludes halogenated alkanes) is 1. The fourth-order valence-electron chi connectivity index (χ4n) is 1.38. The van der Waals surface area contributed by atoms with E-state index < -0.39 is 0 Å². The van der Waals surface area contributed by atoms with E-state index in [1.165, 1.54) is 0 Å². The van der Waals surface area contributed by atoms with Gasteiger partial charge >= 0.3 is 0 Å². The summed E-state index contributed by atoms with van der Waals surface area (Å²) in [4.78, 5) is 0. The summed E-state index contributed by atoms with van der Waals surface area (Å²) in [7, 11) is 0. The molecule has 0 fully saturated rings. The smallest absolute Gasteiger partial charge is 0.119 e. The third-order valence-corrected chi connectivity index (χ3v) is 2.70. The van der Waals surface area contributed by atoms with Crippen LogP contribution < -0.4 is 0 Å². The van der Waals surface area contributed by atoms with Gasteiger partial charge in [0.05, 0.1) is 0 Å². The van der Waals surface area contributed by atoms with Crippen LogP contribution in [-0.4, -0.2) is 5.11 Å². The van der Waals surface area contributed by atoms with Crippen molar-refractivity contribution in [2.24, 2.45) is 0 Å². The van der Waals surface area contributed by atoms with Gasteiger partial charge in [-0.2, -0.15) is 0 Å². The predicted octanol–water partition coefficient (Wildman–Crippen LogP) is 3.70. The zero-order chi connectivity index (χ0) is 9.84. The summed E-state index contributed by atoms with van der Waals surface area (Å²) >= 11 is 5.95. The first-order valence-electron chi connectivity index (χ1n) is 4.63. The molecule has 0 aromatic heterocycles. The van der Waals surface area contributed by atoms with Crippen LogP contribution in [0.1, 0.15) is 30.9 Å². The third kappa shape index (κ3) is 2.38. The Balaban J connectivity index is 2.96. The van der Waals surface area contributed by atoms with Crippen LogP contribution in [0.25, 0.3) is 0 Å². The van der Waals surface area contributed by atoms with Crippen molar-refractivity contribution in [3.05, 3.63) is 28.3 Å². The molecule has 0 amide bonds. The van der Waals surface area contributed by atoms with E-state index in [2.05, 4.69) is 6.92 Å². The van der Waals surface area contributed by atoms with E-state index in [0.29, 0.717) is 5.75 Å². The highest BCUT2D eigenvalue weighted by molar-refractivity contribution is 6.31. The van der Waals surface area contributed by atoms with Gasteiger partial charge in [-0.25, -0.2) is 0 Å². The largest absolute Gasteiger partial charge is 0.508 e. The maximum Gasteiger partial charge on any atom is 0.119 e. The van der Waals surface area contributed by atoms with Crippen molar-refractivity contribution in [1.82, 2.24) is 0 Å². The van der Waals surface area contributed by atoms with E-state index in [0.717, 1.165) is 35.4 Å². The standard InChI is InChI=1S/C11H15ClO/c1-3-4-5-9-8(2)10(12)6-7-11(9)13/h6-7,13H,3-5H2,1-2H3. The van der Waals surface area contributed by atoms with Gasteiger partial charge in [0.2, 0.25) is 0 Å². The second kappa shape index (κ2) is 4.52. The minimum atomic E-state index is 0.371. The van der Waals surface area contributed by atoms with Crippen molar-refractivity contribution >= 4 is 11.6 Å². The number of hydrogen-bond donors (Lipinski definition) is 1. The van der Waals surface area contributed by atoms with E-state index in [1.54, 1.807) is 12.1 Å². The quantitative estimate of drug-likeness (QED) is 0.786. The van der Waals surface area contributed by atoms with E-state index in [9.17, 15) is 5.11 Å². The highest BCUT2D eigenvalue weighted by atomic mass is 35.5. The molecule has 1 rings (SSSR count). The molecule has 0 radical (unpaired) electrons. The van der Waals surface area contributed by atoms with Gasteiger partial charge in [-0.1, -0.05) is 24.9 Å². The molecule has 0 saturated carbocycles. The van der Waals surface area contributed by atoms with Gasteiger partial charge in [0.1, 0.15) is 5.75 Å². The van der Waals surface area contributed by atoms with Gasteiger partial charge in [0.25, 0.3) is 0 Å². The molecule has 0 bridgehead atoms. The van der Waals surface area contributed by atoms with Gasteiger partial charge in [-0.3, -0.25) is 0 Å². The van der Waals surface area contributed by atoms with Crippen LogP contribution in [0, 0.1) is 6.92 Å². The summed E-state index contributed by atoms with van der Waals surface area (Å²) in [5, 5.41) is 10.3. The summed E-state index contributed by atoms with van der Waals surface area (Å²) in [6, 6.07) is 3.40. The molecule has 0 spiro atoms. The van der Waals surface area contributed by atoms with Crippen molar-refractivity contribution in [2.75, 3.05) is 0 Å². The number of halogens is 1. The van der Waals surface area contributed by atoms with E-state index in [1.807, 2.05) is 6.92 Å². The highest BCUT2D eigenvalue weighted by Crippen LogP contribution is 2.28. The van der Waals surface area contributed by atoms with Crippen LogP contribution >= 0.6 is 11.6 Å². The van der Waals surface area contributed by atoms with E-state index in [-0.39, 0.29) is 0 Å². The molecule has 13 heavy (non-hydrogen) atoms. The molecule has 0 aliphatic heterocycles. The van der Waals surface area contributed by atoms with Crippen molar-refractivity contribution in [3.8, 4) is 5.75 Å². The molecule has 2 heteroatoms. The molecule has 0 atom stereocenters. The van der Waals surface area contributed by atoms with Gasteiger partial charge in [0, 0.05) is 5.02 Å². The molecule has 1 aromatic rings. The highest BCUT2D eigenvalue weighted by Gasteiger charge is 2.06. The monoisotopic (exact) mass is 198 g/mol. The second-order valence-electron chi connectivity index (χ2n) is 3.27. The van der Waals surface area contributed by atoms with Crippen LogP contribution in [0.5, 0.6) is 5.75 Å². The Morgan fingerprint density at radius 1 is 1.38 bits per heavy atom. The molecule has 1 N–H and O–H groups in total. The lowest BCUT2D eigenvalue weighted by Crippen LogP contribution is -1.91.